The fourth-order valence-electron chi connectivity index (χ4n) is 3.01. The Balaban J connectivity index is 1.58. The van der Waals surface area contributed by atoms with Crippen LogP contribution in [0.25, 0.3) is 6.08 Å². The monoisotopic (exact) mass is 388 g/mol. The summed E-state index contributed by atoms with van der Waals surface area (Å²) >= 11 is 12.0. The van der Waals surface area contributed by atoms with Crippen LogP contribution in [-0.2, 0) is 4.79 Å². The summed E-state index contributed by atoms with van der Waals surface area (Å²) in [6, 6.07) is 13.2. The van der Waals surface area contributed by atoms with E-state index in [0.29, 0.717) is 10.0 Å². The molecule has 136 valence electrons. The number of carbonyl (C=O) groups excluding carboxylic acids is 1. The quantitative estimate of drug-likeness (QED) is 0.662. The molecule has 0 unspecified atom stereocenters. The Morgan fingerprint density at radius 2 is 1.81 bits per heavy atom. The minimum Gasteiger partial charge on any atom is -0.372 e. The van der Waals surface area contributed by atoms with Gasteiger partial charge in [-0.1, -0.05) is 36.2 Å². The molecule has 3 nitrogen and oxygen atoms in total. The normalized spacial score (nSPS) is 15.4. The Bertz CT molecular complexity index is 794. The Labute approximate surface area is 164 Å². The molecule has 0 radical (unpaired) electrons. The predicted molar refractivity (Wildman–Crippen MR) is 111 cm³/mol. The van der Waals surface area contributed by atoms with Gasteiger partial charge in [-0.2, -0.15) is 0 Å². The topological polar surface area (TPSA) is 32.3 Å². The van der Waals surface area contributed by atoms with Crippen molar-refractivity contribution in [1.82, 2.24) is 0 Å². The lowest BCUT2D eigenvalue weighted by atomic mass is 9.99. The van der Waals surface area contributed by atoms with Crippen molar-refractivity contribution in [2.75, 3.05) is 23.3 Å². The SMILES string of the molecule is CC1CCN(c2ccc(NC(=O)/C=C/c3ccc(Cl)cc3Cl)cc2)CC1. The summed E-state index contributed by atoms with van der Waals surface area (Å²) in [5.41, 5.74) is 2.73. The molecule has 2 aromatic carbocycles. The van der Waals surface area contributed by atoms with Crippen molar-refractivity contribution in [3.05, 3.63) is 64.1 Å². The van der Waals surface area contributed by atoms with E-state index in [9.17, 15) is 4.79 Å². The van der Waals surface area contributed by atoms with Crippen LogP contribution in [0.5, 0.6) is 0 Å². The lowest BCUT2D eigenvalue weighted by Gasteiger charge is -2.32. The molecule has 0 aliphatic carbocycles. The van der Waals surface area contributed by atoms with Crippen molar-refractivity contribution in [3.8, 4) is 0 Å². The van der Waals surface area contributed by atoms with Gasteiger partial charge in [0.25, 0.3) is 0 Å². The molecule has 0 atom stereocenters. The second kappa shape index (κ2) is 8.61. The van der Waals surface area contributed by atoms with Crippen LogP contribution in [0.1, 0.15) is 25.3 Å². The minimum atomic E-state index is -0.199. The molecule has 3 rings (SSSR count). The van der Waals surface area contributed by atoms with Gasteiger partial charge in [-0.25, -0.2) is 0 Å². The number of nitrogens with one attached hydrogen (secondary N) is 1. The number of halogens is 2. The number of benzene rings is 2. The van der Waals surface area contributed by atoms with E-state index < -0.39 is 0 Å². The molecule has 0 saturated carbocycles. The Morgan fingerprint density at radius 3 is 2.46 bits per heavy atom. The van der Waals surface area contributed by atoms with Gasteiger partial charge in [0.2, 0.25) is 5.91 Å². The summed E-state index contributed by atoms with van der Waals surface area (Å²) in [5.74, 6) is 0.612. The largest absolute Gasteiger partial charge is 0.372 e. The zero-order valence-electron chi connectivity index (χ0n) is 14.7. The van der Waals surface area contributed by atoms with Crippen LogP contribution in [0.2, 0.25) is 10.0 Å². The highest BCUT2D eigenvalue weighted by Gasteiger charge is 2.15. The van der Waals surface area contributed by atoms with E-state index >= 15 is 0 Å². The molecule has 0 bridgehead atoms. The number of hydrogen-bond acceptors (Lipinski definition) is 2. The van der Waals surface area contributed by atoms with E-state index in [-0.39, 0.29) is 5.91 Å². The molecule has 5 heteroatoms. The molecule has 0 aromatic heterocycles. The number of hydrogen-bond donors (Lipinski definition) is 1. The summed E-state index contributed by atoms with van der Waals surface area (Å²) in [7, 11) is 0. The lowest BCUT2D eigenvalue weighted by Crippen LogP contribution is -2.32. The highest BCUT2D eigenvalue weighted by molar-refractivity contribution is 6.35. The van der Waals surface area contributed by atoms with Crippen molar-refractivity contribution in [1.29, 1.82) is 0 Å². The third kappa shape index (κ3) is 5.03. The van der Waals surface area contributed by atoms with E-state index in [0.717, 1.165) is 30.3 Å². The maximum Gasteiger partial charge on any atom is 0.248 e. The van der Waals surface area contributed by atoms with E-state index in [4.69, 9.17) is 23.2 Å². The molecule has 1 amide bonds. The molecule has 26 heavy (non-hydrogen) atoms. The van der Waals surface area contributed by atoms with Crippen LogP contribution in [0, 0.1) is 5.92 Å². The second-order valence-electron chi connectivity index (χ2n) is 6.70. The zero-order chi connectivity index (χ0) is 18.5. The maximum atomic E-state index is 12.1. The Morgan fingerprint density at radius 1 is 1.12 bits per heavy atom. The Kier molecular flexibility index (Phi) is 6.23. The molecule has 1 heterocycles. The smallest absolute Gasteiger partial charge is 0.248 e. The van der Waals surface area contributed by atoms with Gasteiger partial charge in [-0.15, -0.1) is 0 Å². The second-order valence-corrected chi connectivity index (χ2v) is 7.55. The van der Waals surface area contributed by atoms with Crippen molar-refractivity contribution < 1.29 is 4.79 Å². The fraction of sp³-hybridized carbons (Fsp3) is 0.286. The maximum absolute atomic E-state index is 12.1. The predicted octanol–water partition coefficient (Wildman–Crippen LogP) is 5.88. The average Bonchev–Trinajstić information content (AvgIpc) is 2.62. The molecule has 1 aliphatic heterocycles. The summed E-state index contributed by atoms with van der Waals surface area (Å²) in [6.45, 7) is 4.50. The molecule has 0 spiro atoms. The molecule has 1 N–H and O–H groups in total. The molecule has 2 aromatic rings. The fourth-order valence-corrected chi connectivity index (χ4v) is 3.48. The van der Waals surface area contributed by atoms with Crippen LogP contribution in [0.3, 0.4) is 0 Å². The number of anilines is 2. The van der Waals surface area contributed by atoms with E-state index in [1.807, 2.05) is 12.1 Å². The van der Waals surface area contributed by atoms with Gasteiger partial charge in [-0.05, 0) is 66.8 Å². The van der Waals surface area contributed by atoms with Crippen LogP contribution in [0.15, 0.2) is 48.5 Å². The van der Waals surface area contributed by atoms with E-state index in [2.05, 4.69) is 29.3 Å². The average molecular weight is 389 g/mol. The number of nitrogens with zero attached hydrogens (tertiary/aromatic N) is 1. The zero-order valence-corrected chi connectivity index (χ0v) is 16.2. The molecule has 1 saturated heterocycles. The van der Waals surface area contributed by atoms with Crippen molar-refractivity contribution in [2.45, 2.75) is 19.8 Å². The highest BCUT2D eigenvalue weighted by atomic mass is 35.5. The Hall–Kier alpha value is -1.97. The first kappa shape index (κ1) is 18.8. The third-order valence-corrected chi connectivity index (χ3v) is 5.22. The molecular formula is C21H22Cl2N2O. The lowest BCUT2D eigenvalue weighted by molar-refractivity contribution is -0.111. The molecule has 1 aliphatic rings. The van der Waals surface area contributed by atoms with Gasteiger partial charge in [0.1, 0.15) is 0 Å². The summed E-state index contributed by atoms with van der Waals surface area (Å²) in [4.78, 5) is 14.5. The van der Waals surface area contributed by atoms with Gasteiger partial charge >= 0.3 is 0 Å². The van der Waals surface area contributed by atoms with Crippen molar-refractivity contribution in [2.24, 2.45) is 5.92 Å². The van der Waals surface area contributed by atoms with E-state index in [1.54, 1.807) is 24.3 Å². The van der Waals surface area contributed by atoms with Gasteiger partial charge in [-0.3, -0.25) is 4.79 Å². The number of piperidine rings is 1. The standard InChI is InChI=1S/C21H22Cl2N2O/c1-15-10-12-25(13-11-15)19-7-5-18(6-8-19)24-21(26)9-3-16-2-4-17(22)14-20(16)23/h2-9,14-15H,10-13H2,1H3,(H,24,26)/b9-3+. The summed E-state index contributed by atoms with van der Waals surface area (Å²) in [5, 5.41) is 3.95. The number of amides is 1. The van der Waals surface area contributed by atoms with Gasteiger partial charge in [0.15, 0.2) is 0 Å². The van der Waals surface area contributed by atoms with E-state index in [1.165, 1.54) is 24.6 Å². The van der Waals surface area contributed by atoms with Gasteiger partial charge < -0.3 is 10.2 Å². The van der Waals surface area contributed by atoms with Crippen LogP contribution < -0.4 is 10.2 Å². The number of rotatable bonds is 4. The van der Waals surface area contributed by atoms with Crippen molar-refractivity contribution >= 4 is 46.6 Å². The number of carbonyl (C=O) groups is 1. The van der Waals surface area contributed by atoms with Gasteiger partial charge in [0, 0.05) is 40.6 Å². The summed E-state index contributed by atoms with van der Waals surface area (Å²) < 4.78 is 0. The minimum absolute atomic E-state index is 0.199. The van der Waals surface area contributed by atoms with Crippen LogP contribution in [0.4, 0.5) is 11.4 Å². The first-order valence-corrected chi connectivity index (χ1v) is 9.56. The van der Waals surface area contributed by atoms with Crippen LogP contribution >= 0.6 is 23.2 Å². The molecular weight excluding hydrogens is 367 g/mol. The molecule has 1 fully saturated rings. The highest BCUT2D eigenvalue weighted by Crippen LogP contribution is 2.25. The first-order valence-electron chi connectivity index (χ1n) is 8.80. The first-order chi connectivity index (χ1) is 12.5. The summed E-state index contributed by atoms with van der Waals surface area (Å²) in [6.07, 6.45) is 5.61. The van der Waals surface area contributed by atoms with Gasteiger partial charge in [0.05, 0.1) is 0 Å². The third-order valence-electron chi connectivity index (χ3n) is 4.66. The van der Waals surface area contributed by atoms with Crippen LogP contribution in [-0.4, -0.2) is 19.0 Å². The van der Waals surface area contributed by atoms with Crippen molar-refractivity contribution in [3.63, 3.8) is 0 Å².